The summed E-state index contributed by atoms with van der Waals surface area (Å²) in [6, 6.07) is 1.76. The van der Waals surface area contributed by atoms with Crippen molar-refractivity contribution in [2.75, 3.05) is 31.6 Å². The van der Waals surface area contributed by atoms with E-state index in [0.717, 1.165) is 31.6 Å². The molecular formula is C14H21N3O2. The predicted octanol–water partition coefficient (Wildman–Crippen LogP) is 1.36. The van der Waals surface area contributed by atoms with E-state index in [1.807, 2.05) is 4.90 Å². The number of nitrogens with zero attached hydrogens (tertiary/aromatic N) is 2. The second-order valence-corrected chi connectivity index (χ2v) is 4.94. The molecule has 2 N–H and O–H groups in total. The highest BCUT2D eigenvalue weighted by Gasteiger charge is 2.27. The van der Waals surface area contributed by atoms with Gasteiger partial charge in [0.1, 0.15) is 0 Å². The fraction of sp³-hybridized carbons (Fsp3) is 0.571. The van der Waals surface area contributed by atoms with Gasteiger partial charge in [-0.3, -0.25) is 9.78 Å². The quantitative estimate of drug-likeness (QED) is 0.842. The van der Waals surface area contributed by atoms with Crippen molar-refractivity contribution in [1.29, 1.82) is 0 Å². The summed E-state index contributed by atoms with van der Waals surface area (Å²) >= 11 is 0. The Bertz CT molecular complexity index is 436. The second kappa shape index (κ2) is 6.52. The molecule has 2 rings (SSSR count). The molecule has 19 heavy (non-hydrogen) atoms. The minimum atomic E-state index is 0.0250. The van der Waals surface area contributed by atoms with E-state index in [4.69, 9.17) is 5.11 Å². The SMILES string of the molecule is CCCNc1cnccc1C(=O)N1CCC(CO)C1. The number of likely N-dealkylation sites (tertiary alicyclic amines) is 1. The van der Waals surface area contributed by atoms with E-state index in [1.54, 1.807) is 18.5 Å². The predicted molar refractivity (Wildman–Crippen MR) is 74.1 cm³/mol. The Morgan fingerprint density at radius 1 is 1.63 bits per heavy atom. The minimum Gasteiger partial charge on any atom is -0.396 e. The molecule has 1 saturated heterocycles. The van der Waals surface area contributed by atoms with Gasteiger partial charge in [0.25, 0.3) is 5.91 Å². The molecule has 1 aliphatic heterocycles. The molecule has 1 aliphatic rings. The summed E-state index contributed by atoms with van der Waals surface area (Å²) in [7, 11) is 0. The van der Waals surface area contributed by atoms with Crippen LogP contribution in [0.1, 0.15) is 30.1 Å². The number of nitrogens with one attached hydrogen (secondary N) is 1. The Balaban J connectivity index is 2.10. The van der Waals surface area contributed by atoms with E-state index < -0.39 is 0 Å². The first-order chi connectivity index (χ1) is 9.26. The number of carbonyl (C=O) groups excluding carboxylic acids is 1. The van der Waals surface area contributed by atoms with Crippen LogP contribution in [0.15, 0.2) is 18.5 Å². The summed E-state index contributed by atoms with van der Waals surface area (Å²) in [4.78, 5) is 18.3. The smallest absolute Gasteiger partial charge is 0.256 e. The highest BCUT2D eigenvalue weighted by atomic mass is 16.3. The topological polar surface area (TPSA) is 65.5 Å². The Hall–Kier alpha value is -1.62. The average molecular weight is 263 g/mol. The summed E-state index contributed by atoms with van der Waals surface area (Å²) in [5, 5.41) is 12.4. The van der Waals surface area contributed by atoms with Gasteiger partial charge in [0, 0.05) is 38.4 Å². The zero-order chi connectivity index (χ0) is 13.7. The summed E-state index contributed by atoms with van der Waals surface area (Å²) in [5.41, 5.74) is 1.46. The van der Waals surface area contributed by atoms with Gasteiger partial charge >= 0.3 is 0 Å². The van der Waals surface area contributed by atoms with Crippen molar-refractivity contribution in [2.45, 2.75) is 19.8 Å². The number of aliphatic hydroxyl groups excluding tert-OH is 1. The Labute approximate surface area is 113 Å². The summed E-state index contributed by atoms with van der Waals surface area (Å²) in [6.07, 6.45) is 5.22. The van der Waals surface area contributed by atoms with Gasteiger partial charge < -0.3 is 15.3 Å². The molecule has 104 valence electrons. The van der Waals surface area contributed by atoms with Crippen molar-refractivity contribution in [3.8, 4) is 0 Å². The average Bonchev–Trinajstić information content (AvgIpc) is 2.93. The van der Waals surface area contributed by atoms with Crippen LogP contribution in [0.4, 0.5) is 5.69 Å². The number of carbonyl (C=O) groups is 1. The third-order valence-electron chi connectivity index (χ3n) is 3.45. The normalized spacial score (nSPS) is 18.6. The largest absolute Gasteiger partial charge is 0.396 e. The number of rotatable bonds is 5. The molecular weight excluding hydrogens is 242 g/mol. The molecule has 2 heterocycles. The molecule has 1 aromatic heterocycles. The van der Waals surface area contributed by atoms with Crippen molar-refractivity contribution in [2.24, 2.45) is 5.92 Å². The van der Waals surface area contributed by atoms with Crippen molar-refractivity contribution < 1.29 is 9.90 Å². The zero-order valence-corrected chi connectivity index (χ0v) is 11.3. The number of hydrogen-bond donors (Lipinski definition) is 2. The number of pyridine rings is 1. The highest BCUT2D eigenvalue weighted by Crippen LogP contribution is 2.21. The zero-order valence-electron chi connectivity index (χ0n) is 11.3. The number of anilines is 1. The fourth-order valence-corrected chi connectivity index (χ4v) is 2.32. The Morgan fingerprint density at radius 2 is 2.47 bits per heavy atom. The lowest BCUT2D eigenvalue weighted by Gasteiger charge is -2.18. The van der Waals surface area contributed by atoms with E-state index >= 15 is 0 Å². The molecule has 1 fully saturated rings. The fourth-order valence-electron chi connectivity index (χ4n) is 2.32. The lowest BCUT2D eigenvalue weighted by Crippen LogP contribution is -2.29. The van der Waals surface area contributed by atoms with Gasteiger partial charge in [0.2, 0.25) is 0 Å². The monoisotopic (exact) mass is 263 g/mol. The van der Waals surface area contributed by atoms with Crippen LogP contribution >= 0.6 is 0 Å². The molecule has 5 heteroatoms. The molecule has 0 spiro atoms. The molecule has 0 bridgehead atoms. The van der Waals surface area contributed by atoms with E-state index in [9.17, 15) is 4.79 Å². The molecule has 0 aromatic carbocycles. The lowest BCUT2D eigenvalue weighted by atomic mass is 10.1. The van der Waals surface area contributed by atoms with Gasteiger partial charge in [-0.05, 0) is 18.9 Å². The van der Waals surface area contributed by atoms with E-state index in [2.05, 4.69) is 17.2 Å². The maximum atomic E-state index is 12.5. The maximum Gasteiger partial charge on any atom is 0.256 e. The van der Waals surface area contributed by atoms with Crippen molar-refractivity contribution in [1.82, 2.24) is 9.88 Å². The van der Waals surface area contributed by atoms with Crippen molar-refractivity contribution in [3.63, 3.8) is 0 Å². The highest BCUT2D eigenvalue weighted by molar-refractivity contribution is 5.99. The van der Waals surface area contributed by atoms with Gasteiger partial charge in [-0.25, -0.2) is 0 Å². The maximum absolute atomic E-state index is 12.5. The van der Waals surface area contributed by atoms with Crippen molar-refractivity contribution in [3.05, 3.63) is 24.0 Å². The molecule has 1 aromatic rings. The summed E-state index contributed by atoms with van der Waals surface area (Å²) in [6.45, 7) is 4.42. The minimum absolute atomic E-state index is 0.0250. The number of hydrogen-bond acceptors (Lipinski definition) is 4. The first-order valence-corrected chi connectivity index (χ1v) is 6.84. The van der Waals surface area contributed by atoms with Crippen LogP contribution in [-0.2, 0) is 0 Å². The number of aliphatic hydroxyl groups is 1. The van der Waals surface area contributed by atoms with Crippen LogP contribution in [0.3, 0.4) is 0 Å². The molecule has 1 amide bonds. The molecule has 1 atom stereocenters. The second-order valence-electron chi connectivity index (χ2n) is 4.94. The van der Waals surface area contributed by atoms with Crippen LogP contribution in [-0.4, -0.2) is 47.1 Å². The Kier molecular flexibility index (Phi) is 4.74. The molecule has 5 nitrogen and oxygen atoms in total. The van der Waals surface area contributed by atoms with Crippen molar-refractivity contribution >= 4 is 11.6 Å². The third-order valence-corrected chi connectivity index (χ3v) is 3.45. The van der Waals surface area contributed by atoms with Gasteiger partial charge in [-0.1, -0.05) is 6.92 Å². The first-order valence-electron chi connectivity index (χ1n) is 6.84. The number of amides is 1. The van der Waals surface area contributed by atoms with E-state index in [1.165, 1.54) is 0 Å². The Morgan fingerprint density at radius 3 is 3.16 bits per heavy atom. The first kappa shape index (κ1) is 13.8. The van der Waals surface area contributed by atoms with Crippen LogP contribution in [0.2, 0.25) is 0 Å². The summed E-state index contributed by atoms with van der Waals surface area (Å²) in [5.74, 6) is 0.245. The molecule has 0 aliphatic carbocycles. The van der Waals surface area contributed by atoms with Crippen LogP contribution < -0.4 is 5.32 Å². The van der Waals surface area contributed by atoms with E-state index in [0.29, 0.717) is 12.1 Å². The van der Waals surface area contributed by atoms with Gasteiger partial charge in [0.05, 0.1) is 17.4 Å². The van der Waals surface area contributed by atoms with Crippen LogP contribution in [0.25, 0.3) is 0 Å². The lowest BCUT2D eigenvalue weighted by molar-refractivity contribution is 0.0782. The molecule has 1 unspecified atom stereocenters. The van der Waals surface area contributed by atoms with Gasteiger partial charge in [-0.2, -0.15) is 0 Å². The summed E-state index contributed by atoms with van der Waals surface area (Å²) < 4.78 is 0. The standard InChI is InChI=1S/C14H21N3O2/c1-2-5-16-13-8-15-6-3-12(13)14(19)17-7-4-11(9-17)10-18/h3,6,8,11,16,18H,2,4-5,7,9-10H2,1H3. The van der Waals surface area contributed by atoms with Gasteiger partial charge in [0.15, 0.2) is 0 Å². The van der Waals surface area contributed by atoms with Crippen LogP contribution in [0, 0.1) is 5.92 Å². The number of aromatic nitrogens is 1. The van der Waals surface area contributed by atoms with E-state index in [-0.39, 0.29) is 18.4 Å². The van der Waals surface area contributed by atoms with Gasteiger partial charge in [-0.15, -0.1) is 0 Å². The molecule has 0 saturated carbocycles. The van der Waals surface area contributed by atoms with Crippen LogP contribution in [0.5, 0.6) is 0 Å². The molecule has 0 radical (unpaired) electrons. The third kappa shape index (κ3) is 3.23.